The van der Waals surface area contributed by atoms with E-state index in [9.17, 15) is 9.59 Å². The first-order valence-electron chi connectivity index (χ1n) is 9.78. The molecule has 0 saturated carbocycles. The molecule has 1 unspecified atom stereocenters. The molecule has 1 aromatic carbocycles. The van der Waals surface area contributed by atoms with Crippen LogP contribution in [0.15, 0.2) is 42.7 Å². The maximum atomic E-state index is 12.9. The van der Waals surface area contributed by atoms with Crippen LogP contribution < -0.4 is 5.32 Å². The van der Waals surface area contributed by atoms with Crippen molar-refractivity contribution in [1.29, 1.82) is 0 Å². The SMILES string of the molecule is Cc1cnc(C(=O)N(CCC(=O)NC(C)C(C)C)CCc2ccccc2)cn1. The molecule has 0 saturated heterocycles. The van der Waals surface area contributed by atoms with Crippen molar-refractivity contribution in [2.75, 3.05) is 13.1 Å². The molecule has 0 aliphatic carbocycles. The highest BCUT2D eigenvalue weighted by molar-refractivity contribution is 5.92. The van der Waals surface area contributed by atoms with Crippen LogP contribution in [0.4, 0.5) is 0 Å². The van der Waals surface area contributed by atoms with Gasteiger partial charge in [0, 0.05) is 31.7 Å². The second kappa shape index (κ2) is 10.5. The van der Waals surface area contributed by atoms with Gasteiger partial charge in [-0.25, -0.2) is 4.98 Å². The molecule has 0 aliphatic heterocycles. The van der Waals surface area contributed by atoms with Crippen molar-refractivity contribution >= 4 is 11.8 Å². The van der Waals surface area contributed by atoms with Crippen molar-refractivity contribution in [3.63, 3.8) is 0 Å². The minimum atomic E-state index is -0.201. The van der Waals surface area contributed by atoms with Crippen LogP contribution in [0, 0.1) is 12.8 Å². The molecule has 1 N–H and O–H groups in total. The van der Waals surface area contributed by atoms with Crippen molar-refractivity contribution in [2.45, 2.75) is 46.6 Å². The summed E-state index contributed by atoms with van der Waals surface area (Å²) in [6, 6.07) is 10.1. The van der Waals surface area contributed by atoms with Gasteiger partial charge in [-0.05, 0) is 31.7 Å². The molecular formula is C22H30N4O2. The first-order valence-corrected chi connectivity index (χ1v) is 9.78. The van der Waals surface area contributed by atoms with Crippen LogP contribution in [-0.4, -0.2) is 45.8 Å². The van der Waals surface area contributed by atoms with Crippen LogP contribution in [-0.2, 0) is 11.2 Å². The van der Waals surface area contributed by atoms with Crippen molar-refractivity contribution in [3.05, 3.63) is 59.7 Å². The van der Waals surface area contributed by atoms with E-state index in [2.05, 4.69) is 29.1 Å². The lowest BCUT2D eigenvalue weighted by molar-refractivity contribution is -0.122. The van der Waals surface area contributed by atoms with Crippen LogP contribution in [0.3, 0.4) is 0 Å². The molecule has 6 heteroatoms. The predicted molar refractivity (Wildman–Crippen MR) is 110 cm³/mol. The third kappa shape index (κ3) is 6.76. The number of amides is 2. The van der Waals surface area contributed by atoms with Gasteiger partial charge in [0.15, 0.2) is 0 Å². The normalized spacial score (nSPS) is 11.9. The fourth-order valence-electron chi connectivity index (χ4n) is 2.62. The minimum Gasteiger partial charge on any atom is -0.353 e. The number of carbonyl (C=O) groups excluding carboxylic acids is 2. The summed E-state index contributed by atoms with van der Waals surface area (Å²) in [5, 5.41) is 2.99. The molecule has 0 radical (unpaired) electrons. The third-order valence-corrected chi connectivity index (χ3v) is 4.80. The molecule has 0 aliphatic rings. The third-order valence-electron chi connectivity index (χ3n) is 4.80. The van der Waals surface area contributed by atoms with E-state index in [0.29, 0.717) is 24.7 Å². The van der Waals surface area contributed by atoms with Crippen molar-refractivity contribution in [3.8, 4) is 0 Å². The maximum absolute atomic E-state index is 12.9. The van der Waals surface area contributed by atoms with Gasteiger partial charge < -0.3 is 10.2 Å². The summed E-state index contributed by atoms with van der Waals surface area (Å²) >= 11 is 0. The largest absolute Gasteiger partial charge is 0.353 e. The lowest BCUT2D eigenvalue weighted by atomic mass is 10.1. The number of aryl methyl sites for hydroxylation is 1. The van der Waals surface area contributed by atoms with Crippen molar-refractivity contribution in [2.24, 2.45) is 5.92 Å². The van der Waals surface area contributed by atoms with Crippen LogP contribution in [0.2, 0.25) is 0 Å². The zero-order valence-corrected chi connectivity index (χ0v) is 17.2. The van der Waals surface area contributed by atoms with Crippen LogP contribution in [0.25, 0.3) is 0 Å². The number of hydrogen-bond donors (Lipinski definition) is 1. The van der Waals surface area contributed by atoms with Gasteiger partial charge in [-0.15, -0.1) is 0 Å². The summed E-state index contributed by atoms with van der Waals surface area (Å²) < 4.78 is 0. The van der Waals surface area contributed by atoms with Crippen molar-refractivity contribution in [1.82, 2.24) is 20.2 Å². The number of hydrogen-bond acceptors (Lipinski definition) is 4. The Morgan fingerprint density at radius 1 is 1.04 bits per heavy atom. The Hall–Kier alpha value is -2.76. The molecule has 1 heterocycles. The molecule has 0 bridgehead atoms. The molecule has 2 amide bonds. The van der Waals surface area contributed by atoms with E-state index in [-0.39, 0.29) is 24.3 Å². The molecule has 0 spiro atoms. The van der Waals surface area contributed by atoms with Gasteiger partial charge in [-0.3, -0.25) is 14.6 Å². The molecule has 6 nitrogen and oxygen atoms in total. The zero-order chi connectivity index (χ0) is 20.5. The number of aromatic nitrogens is 2. The molecule has 1 atom stereocenters. The average molecular weight is 383 g/mol. The Morgan fingerprint density at radius 2 is 1.75 bits per heavy atom. The standard InChI is InChI=1S/C22H30N4O2/c1-16(2)18(4)25-21(27)11-13-26(12-10-19-8-6-5-7-9-19)22(28)20-15-23-17(3)14-24-20/h5-9,14-16,18H,10-13H2,1-4H3,(H,25,27). The van der Waals surface area contributed by atoms with Crippen LogP contribution >= 0.6 is 0 Å². The Kier molecular flexibility index (Phi) is 8.11. The minimum absolute atomic E-state index is 0.0475. The summed E-state index contributed by atoms with van der Waals surface area (Å²) in [7, 11) is 0. The predicted octanol–water partition coefficient (Wildman–Crippen LogP) is 3.02. The molecular weight excluding hydrogens is 352 g/mol. The monoisotopic (exact) mass is 382 g/mol. The number of carbonyl (C=O) groups is 2. The Labute approximate surface area is 167 Å². The van der Waals surface area contributed by atoms with Gasteiger partial charge in [0.2, 0.25) is 5.91 Å². The van der Waals surface area contributed by atoms with E-state index in [0.717, 1.165) is 17.7 Å². The molecule has 28 heavy (non-hydrogen) atoms. The summed E-state index contributed by atoms with van der Waals surface area (Å²) in [5.74, 6) is 0.115. The topological polar surface area (TPSA) is 75.2 Å². The first-order chi connectivity index (χ1) is 13.4. The maximum Gasteiger partial charge on any atom is 0.274 e. The summed E-state index contributed by atoms with van der Waals surface area (Å²) in [5.41, 5.74) is 2.21. The summed E-state index contributed by atoms with van der Waals surface area (Å²) in [6.07, 6.45) is 4.06. The van der Waals surface area contributed by atoms with E-state index in [1.54, 1.807) is 11.1 Å². The first kappa shape index (κ1) is 21.5. The van der Waals surface area contributed by atoms with Gasteiger partial charge in [0.1, 0.15) is 5.69 Å². The van der Waals surface area contributed by atoms with E-state index in [4.69, 9.17) is 0 Å². The number of nitrogens with zero attached hydrogens (tertiary/aromatic N) is 3. The quantitative estimate of drug-likeness (QED) is 0.723. The lowest BCUT2D eigenvalue weighted by Crippen LogP contribution is -2.40. The number of nitrogens with one attached hydrogen (secondary N) is 1. The van der Waals surface area contributed by atoms with Crippen LogP contribution in [0.1, 0.15) is 48.9 Å². The second-order valence-electron chi connectivity index (χ2n) is 7.42. The highest BCUT2D eigenvalue weighted by Gasteiger charge is 2.19. The van der Waals surface area contributed by atoms with E-state index in [1.807, 2.05) is 44.2 Å². The van der Waals surface area contributed by atoms with Gasteiger partial charge in [-0.2, -0.15) is 0 Å². The Bertz CT molecular complexity index is 760. The fraction of sp³-hybridized carbons (Fsp3) is 0.455. The Morgan fingerprint density at radius 3 is 2.36 bits per heavy atom. The smallest absolute Gasteiger partial charge is 0.274 e. The number of benzene rings is 1. The molecule has 150 valence electrons. The molecule has 2 rings (SSSR count). The fourth-order valence-corrected chi connectivity index (χ4v) is 2.62. The molecule has 0 fully saturated rings. The average Bonchev–Trinajstić information content (AvgIpc) is 2.68. The van der Waals surface area contributed by atoms with E-state index >= 15 is 0 Å². The second-order valence-corrected chi connectivity index (χ2v) is 7.42. The van der Waals surface area contributed by atoms with E-state index < -0.39 is 0 Å². The highest BCUT2D eigenvalue weighted by Crippen LogP contribution is 2.07. The van der Waals surface area contributed by atoms with Gasteiger partial charge in [0.05, 0.1) is 11.9 Å². The lowest BCUT2D eigenvalue weighted by Gasteiger charge is -2.23. The van der Waals surface area contributed by atoms with Crippen molar-refractivity contribution < 1.29 is 9.59 Å². The number of rotatable bonds is 9. The summed E-state index contributed by atoms with van der Waals surface area (Å²) in [4.78, 5) is 35.2. The Balaban J connectivity index is 2.03. The van der Waals surface area contributed by atoms with E-state index in [1.165, 1.54) is 6.20 Å². The van der Waals surface area contributed by atoms with Crippen LogP contribution in [0.5, 0.6) is 0 Å². The van der Waals surface area contributed by atoms with Gasteiger partial charge in [-0.1, -0.05) is 44.2 Å². The summed E-state index contributed by atoms with van der Waals surface area (Å²) in [6.45, 7) is 8.81. The van der Waals surface area contributed by atoms with Gasteiger partial charge >= 0.3 is 0 Å². The molecule has 1 aromatic heterocycles. The highest BCUT2D eigenvalue weighted by atomic mass is 16.2. The zero-order valence-electron chi connectivity index (χ0n) is 17.2. The molecule has 2 aromatic rings. The van der Waals surface area contributed by atoms with Gasteiger partial charge in [0.25, 0.3) is 5.91 Å².